The third-order valence-corrected chi connectivity index (χ3v) is 5.72. The highest BCUT2D eigenvalue weighted by Crippen LogP contribution is 2.17. The Bertz CT molecular complexity index is 989. The molecule has 1 atom stereocenters. The number of nitrogens with one attached hydrogen (secondary N) is 4. The second-order valence-corrected chi connectivity index (χ2v) is 8.93. The molecule has 0 saturated heterocycles. The molecule has 0 heterocycles. The molecule has 0 aliphatic carbocycles. The maximum absolute atomic E-state index is 12.5. The molecule has 0 saturated carbocycles. The van der Waals surface area contributed by atoms with Crippen LogP contribution in [0.15, 0.2) is 53.4 Å². The summed E-state index contributed by atoms with van der Waals surface area (Å²) in [4.78, 5) is 24.1. The summed E-state index contributed by atoms with van der Waals surface area (Å²) in [5.74, 6) is -0.539. The maximum atomic E-state index is 12.5. The molecule has 1 unspecified atom stereocenters. The molecule has 10 heteroatoms. The zero-order valence-electron chi connectivity index (χ0n) is 17.9. The zero-order chi connectivity index (χ0) is 23.0. The van der Waals surface area contributed by atoms with Crippen LogP contribution in [0.2, 0.25) is 0 Å². The smallest absolute Gasteiger partial charge is 0.250 e. The summed E-state index contributed by atoms with van der Waals surface area (Å²) in [5, 5.41) is 8.50. The average molecular weight is 449 g/mol. The Morgan fingerprint density at radius 3 is 1.94 bits per heavy atom. The first kappa shape index (κ1) is 24.3. The fourth-order valence-corrected chi connectivity index (χ4v) is 3.89. The topological polar surface area (TPSA) is 126 Å². The van der Waals surface area contributed by atoms with Crippen molar-refractivity contribution in [3.8, 4) is 0 Å². The SMILES string of the molecule is COCC(=O)Nc1ccc(NC(C)C(=O)Nc2ccc(S(=O)(=O)NC(C)C)cc2)cc1. The van der Waals surface area contributed by atoms with Gasteiger partial charge in [0.1, 0.15) is 12.6 Å². The lowest BCUT2D eigenvalue weighted by Crippen LogP contribution is -2.32. The van der Waals surface area contributed by atoms with Crippen LogP contribution in [0.5, 0.6) is 0 Å². The van der Waals surface area contributed by atoms with Crippen LogP contribution in [0.3, 0.4) is 0 Å². The van der Waals surface area contributed by atoms with Crippen molar-refractivity contribution in [2.24, 2.45) is 0 Å². The number of carbonyl (C=O) groups is 2. The summed E-state index contributed by atoms with van der Waals surface area (Å²) in [6, 6.07) is 12.1. The Kier molecular flexibility index (Phi) is 8.55. The molecule has 2 amide bonds. The van der Waals surface area contributed by atoms with Crippen molar-refractivity contribution in [3.63, 3.8) is 0 Å². The van der Waals surface area contributed by atoms with E-state index >= 15 is 0 Å². The van der Waals surface area contributed by atoms with Gasteiger partial charge < -0.3 is 20.7 Å². The Hall–Kier alpha value is -2.95. The minimum Gasteiger partial charge on any atom is -0.375 e. The van der Waals surface area contributed by atoms with E-state index in [2.05, 4.69) is 20.7 Å². The van der Waals surface area contributed by atoms with Gasteiger partial charge >= 0.3 is 0 Å². The van der Waals surface area contributed by atoms with Crippen LogP contribution in [0, 0.1) is 0 Å². The first-order valence-corrected chi connectivity index (χ1v) is 11.2. The van der Waals surface area contributed by atoms with E-state index in [1.807, 2.05) is 0 Å². The van der Waals surface area contributed by atoms with Gasteiger partial charge in [-0.3, -0.25) is 9.59 Å². The van der Waals surface area contributed by atoms with E-state index in [4.69, 9.17) is 4.74 Å². The van der Waals surface area contributed by atoms with Crippen LogP contribution in [0.25, 0.3) is 0 Å². The second kappa shape index (κ2) is 10.9. The number of hydrogen-bond acceptors (Lipinski definition) is 6. The Balaban J connectivity index is 1.93. The van der Waals surface area contributed by atoms with Gasteiger partial charge in [0, 0.05) is 30.2 Å². The number of hydrogen-bond donors (Lipinski definition) is 4. The Morgan fingerprint density at radius 2 is 1.39 bits per heavy atom. The van der Waals surface area contributed by atoms with Crippen molar-refractivity contribution < 1.29 is 22.7 Å². The van der Waals surface area contributed by atoms with Gasteiger partial charge in [-0.05, 0) is 69.3 Å². The predicted molar refractivity (Wildman–Crippen MR) is 121 cm³/mol. The summed E-state index contributed by atoms with van der Waals surface area (Å²) >= 11 is 0. The third-order valence-electron chi connectivity index (χ3n) is 4.04. The van der Waals surface area contributed by atoms with E-state index in [0.29, 0.717) is 17.1 Å². The standard InChI is InChI=1S/C21H28N4O5S/c1-14(2)25-31(28,29)19-11-9-18(10-12-19)24-21(27)15(3)22-16-5-7-17(8-6-16)23-20(26)13-30-4/h5-12,14-15,22,25H,13H2,1-4H3,(H,23,26)(H,24,27). The van der Waals surface area contributed by atoms with E-state index in [0.717, 1.165) is 0 Å². The fraction of sp³-hybridized carbons (Fsp3) is 0.333. The molecular weight excluding hydrogens is 420 g/mol. The second-order valence-electron chi connectivity index (χ2n) is 7.21. The van der Waals surface area contributed by atoms with Crippen LogP contribution in [0.4, 0.5) is 17.1 Å². The molecule has 0 radical (unpaired) electrons. The Morgan fingerprint density at radius 1 is 0.871 bits per heavy atom. The molecule has 0 spiro atoms. The molecule has 2 aromatic carbocycles. The number of benzene rings is 2. The van der Waals surface area contributed by atoms with Crippen molar-refractivity contribution in [1.82, 2.24) is 4.72 Å². The highest BCUT2D eigenvalue weighted by Gasteiger charge is 2.16. The van der Waals surface area contributed by atoms with Gasteiger partial charge in [0.2, 0.25) is 21.8 Å². The van der Waals surface area contributed by atoms with Crippen molar-refractivity contribution in [2.75, 3.05) is 29.7 Å². The van der Waals surface area contributed by atoms with Gasteiger partial charge in [-0.1, -0.05) is 0 Å². The highest BCUT2D eigenvalue weighted by molar-refractivity contribution is 7.89. The van der Waals surface area contributed by atoms with E-state index in [1.54, 1.807) is 45.0 Å². The minimum atomic E-state index is -3.58. The van der Waals surface area contributed by atoms with Crippen molar-refractivity contribution in [2.45, 2.75) is 37.8 Å². The number of carbonyl (C=O) groups excluding carboxylic acids is 2. The number of methoxy groups -OCH3 is 1. The first-order chi connectivity index (χ1) is 14.6. The molecule has 0 bridgehead atoms. The van der Waals surface area contributed by atoms with Gasteiger partial charge in [-0.15, -0.1) is 0 Å². The molecule has 0 aliphatic heterocycles. The van der Waals surface area contributed by atoms with E-state index in [1.165, 1.54) is 31.4 Å². The monoisotopic (exact) mass is 448 g/mol. The van der Waals surface area contributed by atoms with E-state index in [9.17, 15) is 18.0 Å². The molecule has 2 aromatic rings. The first-order valence-electron chi connectivity index (χ1n) is 9.69. The molecule has 9 nitrogen and oxygen atoms in total. The Labute approximate surface area is 182 Å². The summed E-state index contributed by atoms with van der Waals surface area (Å²) in [6.07, 6.45) is 0. The fourth-order valence-electron chi connectivity index (χ4n) is 2.64. The van der Waals surface area contributed by atoms with Gasteiger partial charge in [0.05, 0.1) is 4.90 Å². The average Bonchev–Trinajstić information content (AvgIpc) is 2.69. The predicted octanol–water partition coefficient (Wildman–Crippen LogP) is 2.40. The van der Waals surface area contributed by atoms with Crippen LogP contribution in [-0.2, 0) is 24.3 Å². The van der Waals surface area contributed by atoms with E-state index in [-0.39, 0.29) is 29.4 Å². The maximum Gasteiger partial charge on any atom is 0.250 e. The number of ether oxygens (including phenoxy) is 1. The van der Waals surface area contributed by atoms with E-state index < -0.39 is 16.1 Å². The lowest BCUT2D eigenvalue weighted by atomic mass is 10.2. The van der Waals surface area contributed by atoms with Gasteiger partial charge in [0.15, 0.2) is 0 Å². The largest absolute Gasteiger partial charge is 0.375 e. The van der Waals surface area contributed by atoms with Crippen LogP contribution in [0.1, 0.15) is 20.8 Å². The van der Waals surface area contributed by atoms with Gasteiger partial charge in [0.25, 0.3) is 0 Å². The molecular formula is C21H28N4O5S. The summed E-state index contributed by atoms with van der Waals surface area (Å²) in [6.45, 7) is 5.16. The molecule has 0 aromatic heterocycles. The summed E-state index contributed by atoms with van der Waals surface area (Å²) in [7, 11) is -2.14. The molecule has 4 N–H and O–H groups in total. The van der Waals surface area contributed by atoms with Crippen molar-refractivity contribution in [3.05, 3.63) is 48.5 Å². The van der Waals surface area contributed by atoms with Gasteiger partial charge in [-0.2, -0.15) is 0 Å². The van der Waals surface area contributed by atoms with Gasteiger partial charge in [-0.25, -0.2) is 13.1 Å². The lowest BCUT2D eigenvalue weighted by molar-refractivity contribution is -0.119. The number of amides is 2. The molecule has 0 aliphatic rings. The van der Waals surface area contributed by atoms with Crippen LogP contribution in [-0.4, -0.2) is 46.0 Å². The number of anilines is 3. The highest BCUT2D eigenvalue weighted by atomic mass is 32.2. The third kappa shape index (κ3) is 7.67. The summed E-state index contributed by atoms with van der Waals surface area (Å²) in [5.41, 5.74) is 1.80. The number of rotatable bonds is 10. The van der Waals surface area contributed by atoms with Crippen molar-refractivity contribution in [1.29, 1.82) is 0 Å². The molecule has 31 heavy (non-hydrogen) atoms. The zero-order valence-corrected chi connectivity index (χ0v) is 18.7. The lowest BCUT2D eigenvalue weighted by Gasteiger charge is -2.16. The van der Waals surface area contributed by atoms with Crippen molar-refractivity contribution >= 4 is 38.9 Å². The number of sulfonamides is 1. The van der Waals surface area contributed by atoms with Crippen LogP contribution >= 0.6 is 0 Å². The minimum absolute atomic E-state index is 0.0294. The molecule has 0 fully saturated rings. The molecule has 2 rings (SSSR count). The van der Waals surface area contributed by atoms with Crippen LogP contribution < -0.4 is 20.7 Å². The normalized spacial score (nSPS) is 12.3. The molecule has 168 valence electrons. The summed E-state index contributed by atoms with van der Waals surface area (Å²) < 4.78 is 31.6. The quantitative estimate of drug-likeness (QED) is 0.442.